The molecule has 0 bridgehead atoms. The van der Waals surface area contributed by atoms with E-state index in [-0.39, 0.29) is 12.3 Å². The van der Waals surface area contributed by atoms with Gasteiger partial charge in [0.1, 0.15) is 5.75 Å². The quantitative estimate of drug-likeness (QED) is 0.754. The minimum absolute atomic E-state index is 0.0733. The number of aliphatic carboxylic acids is 1. The fraction of sp³-hybridized carbons (Fsp3) is 0.696. The Hall–Kier alpha value is -1.59. The van der Waals surface area contributed by atoms with Gasteiger partial charge in [0.15, 0.2) is 0 Å². The molecular formula is C23H33O5-. The molecule has 0 radical (unpaired) electrons. The van der Waals surface area contributed by atoms with Crippen molar-refractivity contribution in [3.05, 3.63) is 29.8 Å². The zero-order valence-electron chi connectivity index (χ0n) is 17.2. The average molecular weight is 390 g/mol. The zero-order valence-corrected chi connectivity index (χ0v) is 17.2. The highest BCUT2D eigenvalue weighted by Gasteiger charge is 2.41. The predicted octanol–water partition coefficient (Wildman–Crippen LogP) is 3.49. The van der Waals surface area contributed by atoms with Gasteiger partial charge in [0, 0.05) is 6.29 Å². The maximum Gasteiger partial charge on any atom is 0.307 e. The smallest absolute Gasteiger partial charge is 0.307 e. The summed E-state index contributed by atoms with van der Waals surface area (Å²) >= 11 is 0. The van der Waals surface area contributed by atoms with Crippen LogP contribution < -0.4 is 9.84 Å². The van der Waals surface area contributed by atoms with Crippen molar-refractivity contribution in [1.82, 2.24) is 0 Å². The number of carbonyl (C=O) groups is 1. The standard InChI is InChI=1S/C23H33O5/c1-14-7-9-20(21-13-27-15(2)8-10-19(14)21)16(3)23(26)28-18-6-4-5-17(11-18)12-22(24)25/h4-6,11,14-16,19-21,23H,7-10,12-13H2,1-3H3,(H,24,25)/q-1/t14-,15?,16-,19+,20+,21?,23-/m1/s1. The summed E-state index contributed by atoms with van der Waals surface area (Å²) in [6.45, 7) is 7.23. The maximum atomic E-state index is 13.0. The van der Waals surface area contributed by atoms with Gasteiger partial charge in [0.05, 0.1) is 19.1 Å². The average Bonchev–Trinajstić information content (AvgIpc) is 2.84. The number of rotatable bonds is 6. The van der Waals surface area contributed by atoms with E-state index in [4.69, 9.17) is 14.6 Å². The molecule has 3 rings (SSSR count). The van der Waals surface area contributed by atoms with Crippen LogP contribution in [0.3, 0.4) is 0 Å². The first-order valence-corrected chi connectivity index (χ1v) is 10.6. The molecule has 1 saturated carbocycles. The van der Waals surface area contributed by atoms with Gasteiger partial charge in [-0.15, -0.1) is 0 Å². The molecule has 1 aromatic carbocycles. The number of carboxylic acid groups (broad SMARTS) is 1. The Kier molecular flexibility index (Phi) is 7.00. The third-order valence-corrected chi connectivity index (χ3v) is 6.88. The van der Waals surface area contributed by atoms with Gasteiger partial charge in [0.25, 0.3) is 0 Å². The molecule has 1 heterocycles. The van der Waals surface area contributed by atoms with Crippen LogP contribution >= 0.6 is 0 Å². The molecule has 1 aliphatic heterocycles. The van der Waals surface area contributed by atoms with E-state index in [1.807, 2.05) is 6.92 Å². The molecule has 5 heteroatoms. The van der Waals surface area contributed by atoms with Gasteiger partial charge in [-0.1, -0.05) is 32.4 Å². The first-order chi connectivity index (χ1) is 13.3. The van der Waals surface area contributed by atoms with Crippen molar-refractivity contribution < 1.29 is 24.5 Å². The van der Waals surface area contributed by atoms with Crippen molar-refractivity contribution in [1.29, 1.82) is 0 Å². The van der Waals surface area contributed by atoms with Crippen molar-refractivity contribution in [3.63, 3.8) is 0 Å². The lowest BCUT2D eigenvalue weighted by Gasteiger charge is -2.46. The third kappa shape index (κ3) is 5.06. The second kappa shape index (κ2) is 9.27. The third-order valence-electron chi connectivity index (χ3n) is 6.88. The molecule has 7 atom stereocenters. The molecule has 2 aliphatic rings. The lowest BCUT2D eigenvalue weighted by molar-refractivity contribution is -0.489. The van der Waals surface area contributed by atoms with Crippen molar-refractivity contribution in [2.75, 3.05) is 6.61 Å². The normalized spacial score (nSPS) is 32.6. The molecule has 156 valence electrons. The summed E-state index contributed by atoms with van der Waals surface area (Å²) in [5, 5.41) is 21.9. The van der Waals surface area contributed by atoms with Crippen molar-refractivity contribution in [3.8, 4) is 5.75 Å². The van der Waals surface area contributed by atoms with E-state index in [1.165, 1.54) is 6.42 Å². The van der Waals surface area contributed by atoms with Gasteiger partial charge in [-0.2, -0.15) is 0 Å². The van der Waals surface area contributed by atoms with E-state index in [0.29, 0.717) is 41.1 Å². The van der Waals surface area contributed by atoms with Crippen LogP contribution in [0.25, 0.3) is 0 Å². The van der Waals surface area contributed by atoms with E-state index < -0.39 is 12.3 Å². The maximum absolute atomic E-state index is 13.0. The summed E-state index contributed by atoms with van der Waals surface area (Å²) in [4.78, 5) is 10.9. The van der Waals surface area contributed by atoms with Crippen molar-refractivity contribution in [2.45, 2.75) is 65.3 Å². The summed E-state index contributed by atoms with van der Waals surface area (Å²) < 4.78 is 11.8. The van der Waals surface area contributed by atoms with Crippen LogP contribution in [0.4, 0.5) is 0 Å². The lowest BCUT2D eigenvalue weighted by atomic mass is 9.62. The highest BCUT2D eigenvalue weighted by atomic mass is 16.6. The molecule has 0 aromatic heterocycles. The number of benzene rings is 1. The summed E-state index contributed by atoms with van der Waals surface area (Å²) in [7, 11) is 0. The largest absolute Gasteiger partial charge is 0.821 e. The fourth-order valence-electron chi connectivity index (χ4n) is 5.15. The molecule has 5 nitrogen and oxygen atoms in total. The van der Waals surface area contributed by atoms with Crippen LogP contribution in [0, 0.1) is 29.6 Å². The monoisotopic (exact) mass is 389 g/mol. The Morgan fingerprint density at radius 3 is 2.79 bits per heavy atom. The molecule has 0 spiro atoms. The van der Waals surface area contributed by atoms with E-state index in [2.05, 4.69) is 13.8 Å². The first kappa shape index (κ1) is 21.1. The fourth-order valence-corrected chi connectivity index (χ4v) is 5.15. The van der Waals surface area contributed by atoms with Crippen molar-refractivity contribution in [2.24, 2.45) is 29.6 Å². The second-order valence-electron chi connectivity index (χ2n) is 8.83. The summed E-state index contributed by atoms with van der Waals surface area (Å²) in [5.74, 6) is 1.46. The number of hydrogen-bond acceptors (Lipinski definition) is 4. The summed E-state index contributed by atoms with van der Waals surface area (Å²) in [6, 6.07) is 6.87. The molecule has 0 amide bonds. The van der Waals surface area contributed by atoms with Gasteiger partial charge in [0.2, 0.25) is 0 Å². The highest BCUT2D eigenvalue weighted by molar-refractivity contribution is 5.70. The number of hydrogen-bond donors (Lipinski definition) is 1. The Morgan fingerprint density at radius 1 is 1.25 bits per heavy atom. The molecule has 2 unspecified atom stereocenters. The van der Waals surface area contributed by atoms with Gasteiger partial charge in [-0.25, -0.2) is 0 Å². The lowest BCUT2D eigenvalue weighted by Crippen LogP contribution is -2.47. The van der Waals surface area contributed by atoms with Crippen LogP contribution in [0.15, 0.2) is 24.3 Å². The highest BCUT2D eigenvalue weighted by Crippen LogP contribution is 2.46. The van der Waals surface area contributed by atoms with Crippen LogP contribution in [-0.4, -0.2) is 30.1 Å². The predicted molar refractivity (Wildman–Crippen MR) is 105 cm³/mol. The number of ether oxygens (including phenoxy) is 2. The van der Waals surface area contributed by atoms with Crippen molar-refractivity contribution >= 4 is 5.97 Å². The molecule has 2 fully saturated rings. The molecular weight excluding hydrogens is 356 g/mol. The van der Waals surface area contributed by atoms with E-state index >= 15 is 0 Å². The Labute approximate surface area is 168 Å². The van der Waals surface area contributed by atoms with E-state index in [9.17, 15) is 9.90 Å². The molecule has 1 saturated heterocycles. The Balaban J connectivity index is 1.68. The zero-order chi connectivity index (χ0) is 20.3. The summed E-state index contributed by atoms with van der Waals surface area (Å²) in [6.07, 6.45) is 3.53. The van der Waals surface area contributed by atoms with Gasteiger partial charge in [-0.05, 0) is 73.5 Å². The topological polar surface area (TPSA) is 78.8 Å². The van der Waals surface area contributed by atoms with E-state index in [0.717, 1.165) is 25.9 Å². The minimum atomic E-state index is -1.17. The molecule has 1 N–H and O–H groups in total. The SMILES string of the molecule is CC1CC[C@@H]2C(CO1)[C@H]([C@@H](C)[C@H]([O-])Oc1cccc(CC(=O)O)c1)CC[C@H]2C. The minimum Gasteiger partial charge on any atom is -0.821 e. The molecule has 28 heavy (non-hydrogen) atoms. The van der Waals surface area contributed by atoms with E-state index in [1.54, 1.807) is 24.3 Å². The molecule has 1 aromatic rings. The summed E-state index contributed by atoms with van der Waals surface area (Å²) in [5.41, 5.74) is 0.641. The second-order valence-corrected chi connectivity index (χ2v) is 8.83. The number of fused-ring (bicyclic) bond motifs is 1. The van der Waals surface area contributed by atoms with Crippen LogP contribution in [0.1, 0.15) is 52.0 Å². The first-order valence-electron chi connectivity index (χ1n) is 10.6. The van der Waals surface area contributed by atoms with Gasteiger partial charge < -0.3 is 19.7 Å². The molecule has 1 aliphatic carbocycles. The van der Waals surface area contributed by atoms with Gasteiger partial charge >= 0.3 is 5.97 Å². The Morgan fingerprint density at radius 2 is 2.04 bits per heavy atom. The Bertz CT molecular complexity index is 660. The van der Waals surface area contributed by atoms with Gasteiger partial charge in [-0.3, -0.25) is 4.79 Å². The van der Waals surface area contributed by atoms with Crippen LogP contribution in [-0.2, 0) is 16.0 Å². The van der Waals surface area contributed by atoms with Crippen LogP contribution in [0.2, 0.25) is 0 Å². The number of carboxylic acids is 1. The van der Waals surface area contributed by atoms with Crippen LogP contribution in [0.5, 0.6) is 5.75 Å².